The molecular formula is C20H36O5. The second-order valence-electron chi connectivity index (χ2n) is 7.87. The lowest BCUT2D eigenvalue weighted by Crippen LogP contribution is -2.43. The highest BCUT2D eigenvalue weighted by Gasteiger charge is 2.34. The lowest BCUT2D eigenvalue weighted by molar-refractivity contribution is -0.168. The van der Waals surface area contributed by atoms with Gasteiger partial charge in [0, 0.05) is 6.61 Å². The maximum atomic E-state index is 10.8. The third-order valence-corrected chi connectivity index (χ3v) is 5.36. The van der Waals surface area contributed by atoms with Crippen molar-refractivity contribution < 1.29 is 24.4 Å². The third-order valence-electron chi connectivity index (χ3n) is 5.36. The van der Waals surface area contributed by atoms with Crippen molar-refractivity contribution >= 4 is 0 Å². The predicted octanol–water partition coefficient (Wildman–Crippen LogP) is 3.18. The Hall–Kier alpha value is -0.460. The fourth-order valence-corrected chi connectivity index (χ4v) is 3.63. The van der Waals surface area contributed by atoms with Crippen LogP contribution in [0.5, 0.6) is 0 Å². The summed E-state index contributed by atoms with van der Waals surface area (Å²) in [5, 5.41) is 19.7. The summed E-state index contributed by atoms with van der Waals surface area (Å²) < 4.78 is 17.3. The first-order valence-corrected chi connectivity index (χ1v) is 9.87. The van der Waals surface area contributed by atoms with Gasteiger partial charge in [-0.1, -0.05) is 19.4 Å². The summed E-state index contributed by atoms with van der Waals surface area (Å²) >= 11 is 0. The summed E-state index contributed by atoms with van der Waals surface area (Å²) in [6.07, 6.45) is 9.46. The van der Waals surface area contributed by atoms with Crippen molar-refractivity contribution in [3.63, 3.8) is 0 Å². The molecule has 0 aromatic heterocycles. The highest BCUT2D eigenvalue weighted by molar-refractivity contribution is 5.06. The van der Waals surface area contributed by atoms with E-state index in [1.165, 1.54) is 6.42 Å². The molecule has 0 amide bonds. The van der Waals surface area contributed by atoms with E-state index in [1.54, 1.807) is 0 Å². The van der Waals surface area contributed by atoms with Crippen LogP contribution in [0.4, 0.5) is 0 Å². The van der Waals surface area contributed by atoms with Gasteiger partial charge in [-0.25, -0.2) is 0 Å². The molecule has 146 valence electrons. The van der Waals surface area contributed by atoms with E-state index in [0.29, 0.717) is 12.5 Å². The van der Waals surface area contributed by atoms with Gasteiger partial charge < -0.3 is 24.4 Å². The number of ether oxygens (including phenoxy) is 3. The molecule has 0 aromatic carbocycles. The number of aliphatic hydroxyl groups excluding tert-OH is 1. The molecule has 2 N–H and O–H groups in total. The average Bonchev–Trinajstić information content (AvgIpc) is 2.61. The van der Waals surface area contributed by atoms with E-state index in [1.807, 2.05) is 13.0 Å². The lowest BCUT2D eigenvalue weighted by Gasteiger charge is -2.36. The van der Waals surface area contributed by atoms with Gasteiger partial charge in [0.15, 0.2) is 6.29 Å². The fraction of sp³-hybridized carbons (Fsp3) is 0.900. The van der Waals surface area contributed by atoms with Crippen LogP contribution in [0.1, 0.15) is 65.2 Å². The van der Waals surface area contributed by atoms with Gasteiger partial charge in [0.05, 0.1) is 31.5 Å². The van der Waals surface area contributed by atoms with Gasteiger partial charge in [0.2, 0.25) is 0 Å². The van der Waals surface area contributed by atoms with E-state index in [9.17, 15) is 5.11 Å². The molecule has 2 rings (SSSR count). The molecule has 0 aliphatic carbocycles. The maximum absolute atomic E-state index is 10.8. The second-order valence-corrected chi connectivity index (χ2v) is 7.87. The van der Waals surface area contributed by atoms with Crippen molar-refractivity contribution in [2.75, 3.05) is 26.4 Å². The summed E-state index contributed by atoms with van der Waals surface area (Å²) in [6, 6.07) is 0. The molecule has 5 heteroatoms. The maximum Gasteiger partial charge on any atom is 0.157 e. The summed E-state index contributed by atoms with van der Waals surface area (Å²) in [4.78, 5) is 0. The zero-order valence-electron chi connectivity index (χ0n) is 15.9. The molecule has 2 saturated heterocycles. The van der Waals surface area contributed by atoms with Crippen LogP contribution in [0.15, 0.2) is 11.6 Å². The molecule has 0 saturated carbocycles. The predicted molar refractivity (Wildman–Crippen MR) is 97.3 cm³/mol. The first kappa shape index (κ1) is 20.8. The van der Waals surface area contributed by atoms with Crippen molar-refractivity contribution in [1.29, 1.82) is 0 Å². The highest BCUT2D eigenvalue weighted by atomic mass is 16.7. The number of rotatable bonds is 9. The van der Waals surface area contributed by atoms with E-state index < -0.39 is 5.60 Å². The number of hydrogen-bond acceptors (Lipinski definition) is 5. The van der Waals surface area contributed by atoms with Crippen LogP contribution in [-0.2, 0) is 14.2 Å². The third kappa shape index (κ3) is 7.35. The van der Waals surface area contributed by atoms with Crippen LogP contribution >= 0.6 is 0 Å². The molecule has 0 radical (unpaired) electrons. The smallest absolute Gasteiger partial charge is 0.157 e. The minimum atomic E-state index is -0.794. The summed E-state index contributed by atoms with van der Waals surface area (Å²) in [5.74, 6) is 0.465. The van der Waals surface area contributed by atoms with E-state index in [2.05, 4.69) is 6.92 Å². The Bertz CT molecular complexity index is 391. The van der Waals surface area contributed by atoms with Gasteiger partial charge in [0.1, 0.15) is 0 Å². The SMILES string of the molecule is CC(CCC[C@](C)(O)[C@H]1CC/C(=C\CO)CO1)COC1CCCCO1. The van der Waals surface area contributed by atoms with E-state index >= 15 is 0 Å². The standard InChI is InChI=1S/C20H36O5/c1-16(14-25-19-7-3-4-13-23-19)6-5-11-20(2,22)18-9-8-17(10-12-21)15-24-18/h10,16,18-19,21-22H,3-9,11-15H2,1-2H3/b17-10+/t16?,18-,19?,20+/m1/s1. The molecule has 0 spiro atoms. The normalized spacial score (nSPS) is 30.2. The summed E-state index contributed by atoms with van der Waals surface area (Å²) in [7, 11) is 0. The van der Waals surface area contributed by atoms with Crippen molar-refractivity contribution in [3.8, 4) is 0 Å². The van der Waals surface area contributed by atoms with Crippen LogP contribution in [0.2, 0.25) is 0 Å². The molecule has 2 fully saturated rings. The van der Waals surface area contributed by atoms with Crippen molar-refractivity contribution in [2.24, 2.45) is 5.92 Å². The van der Waals surface area contributed by atoms with Crippen molar-refractivity contribution in [3.05, 3.63) is 11.6 Å². The lowest BCUT2D eigenvalue weighted by atomic mass is 9.86. The van der Waals surface area contributed by atoms with E-state index in [0.717, 1.165) is 63.7 Å². The van der Waals surface area contributed by atoms with E-state index in [4.69, 9.17) is 19.3 Å². The fourth-order valence-electron chi connectivity index (χ4n) is 3.63. The first-order valence-electron chi connectivity index (χ1n) is 9.87. The van der Waals surface area contributed by atoms with Gasteiger partial charge in [-0.3, -0.25) is 0 Å². The zero-order chi connectivity index (χ0) is 18.1. The quantitative estimate of drug-likeness (QED) is 0.621. The molecule has 25 heavy (non-hydrogen) atoms. The molecule has 2 aliphatic heterocycles. The Morgan fingerprint density at radius 3 is 2.80 bits per heavy atom. The monoisotopic (exact) mass is 356 g/mol. The van der Waals surface area contributed by atoms with Gasteiger partial charge in [-0.2, -0.15) is 0 Å². The average molecular weight is 357 g/mol. The molecule has 2 unspecified atom stereocenters. The van der Waals surface area contributed by atoms with Crippen LogP contribution in [0.3, 0.4) is 0 Å². The topological polar surface area (TPSA) is 68.2 Å². The first-order chi connectivity index (χ1) is 12.0. The highest BCUT2D eigenvalue weighted by Crippen LogP contribution is 2.30. The molecule has 0 aromatic rings. The minimum absolute atomic E-state index is 0.0175. The van der Waals surface area contributed by atoms with Crippen molar-refractivity contribution in [2.45, 2.75) is 83.2 Å². The van der Waals surface area contributed by atoms with Crippen LogP contribution < -0.4 is 0 Å². The molecule has 2 aliphatic rings. The molecule has 4 atom stereocenters. The summed E-state index contributed by atoms with van der Waals surface area (Å²) in [6.45, 7) is 6.20. The second kappa shape index (κ2) is 10.6. The Kier molecular flexibility index (Phi) is 8.87. The van der Waals surface area contributed by atoms with Gasteiger partial charge in [0.25, 0.3) is 0 Å². The minimum Gasteiger partial charge on any atom is -0.392 e. The zero-order valence-corrected chi connectivity index (χ0v) is 15.9. The van der Waals surface area contributed by atoms with Crippen LogP contribution in [0.25, 0.3) is 0 Å². The van der Waals surface area contributed by atoms with Gasteiger partial charge in [-0.15, -0.1) is 0 Å². The molecule has 2 heterocycles. The van der Waals surface area contributed by atoms with Crippen LogP contribution in [-0.4, -0.2) is 54.6 Å². The Morgan fingerprint density at radius 2 is 2.16 bits per heavy atom. The number of aliphatic hydroxyl groups is 2. The molecular weight excluding hydrogens is 320 g/mol. The van der Waals surface area contributed by atoms with Crippen LogP contribution in [0, 0.1) is 5.92 Å². The van der Waals surface area contributed by atoms with Gasteiger partial charge in [-0.05, 0) is 63.4 Å². The molecule has 5 nitrogen and oxygen atoms in total. The number of hydrogen-bond donors (Lipinski definition) is 2. The molecule has 0 bridgehead atoms. The summed E-state index contributed by atoms with van der Waals surface area (Å²) in [5.41, 5.74) is 0.336. The largest absolute Gasteiger partial charge is 0.392 e. The Balaban J connectivity index is 1.61. The van der Waals surface area contributed by atoms with E-state index in [-0.39, 0.29) is 19.0 Å². The van der Waals surface area contributed by atoms with Gasteiger partial charge >= 0.3 is 0 Å². The Labute approximate surface area is 152 Å². The Morgan fingerprint density at radius 1 is 1.32 bits per heavy atom. The van der Waals surface area contributed by atoms with Crippen molar-refractivity contribution in [1.82, 2.24) is 0 Å².